The van der Waals surface area contributed by atoms with Gasteiger partial charge in [-0.25, -0.2) is 18.6 Å². The summed E-state index contributed by atoms with van der Waals surface area (Å²) < 4.78 is 32.5. The van der Waals surface area contributed by atoms with Gasteiger partial charge in [-0.15, -0.1) is 0 Å². The van der Waals surface area contributed by atoms with Crippen molar-refractivity contribution in [2.45, 2.75) is 17.0 Å². The van der Waals surface area contributed by atoms with E-state index in [0.717, 1.165) is 22.9 Å². The van der Waals surface area contributed by atoms with Crippen LogP contribution in [0.1, 0.15) is 5.56 Å². The van der Waals surface area contributed by atoms with Crippen molar-refractivity contribution >= 4 is 29.5 Å². The number of thioether (sulfide) groups is 1. The number of halogens is 3. The van der Waals surface area contributed by atoms with E-state index >= 15 is 0 Å². The van der Waals surface area contributed by atoms with Gasteiger partial charge in [0, 0.05) is 17.4 Å². The van der Waals surface area contributed by atoms with E-state index < -0.39 is 23.8 Å². The van der Waals surface area contributed by atoms with Crippen LogP contribution in [0.4, 0.5) is 13.6 Å². The highest BCUT2D eigenvalue weighted by Gasteiger charge is 2.29. The van der Waals surface area contributed by atoms with Crippen LogP contribution in [0.15, 0.2) is 29.4 Å². The minimum absolute atomic E-state index is 0.0218. The topological polar surface area (TPSA) is 84.8 Å². The molecule has 0 unspecified atom stereocenters. The molecule has 138 valence electrons. The highest BCUT2D eigenvalue weighted by molar-refractivity contribution is 7.98. The molecule has 1 saturated heterocycles. The van der Waals surface area contributed by atoms with Crippen molar-refractivity contribution in [3.8, 4) is 5.88 Å². The fourth-order valence-electron chi connectivity index (χ4n) is 2.14. The van der Waals surface area contributed by atoms with Gasteiger partial charge in [0.1, 0.15) is 17.9 Å². The van der Waals surface area contributed by atoms with Crippen LogP contribution in [0.3, 0.4) is 0 Å². The van der Waals surface area contributed by atoms with Crippen LogP contribution in [0.25, 0.3) is 0 Å². The number of hydrogen-bond acceptors (Lipinski definition) is 6. The van der Waals surface area contributed by atoms with E-state index in [2.05, 4.69) is 9.97 Å². The van der Waals surface area contributed by atoms with Crippen LogP contribution >= 0.6 is 23.4 Å². The molecule has 1 N–H and O–H groups in total. The first-order valence-electron chi connectivity index (χ1n) is 7.32. The van der Waals surface area contributed by atoms with Crippen LogP contribution in [-0.2, 0) is 10.6 Å². The molecule has 1 fully saturated rings. The summed E-state index contributed by atoms with van der Waals surface area (Å²) in [4.78, 5) is 23.9. The van der Waals surface area contributed by atoms with Crippen molar-refractivity contribution in [1.29, 1.82) is 0 Å². The molecule has 7 nitrogen and oxygen atoms in total. The summed E-state index contributed by atoms with van der Waals surface area (Å²) >= 11 is 7.00. The zero-order valence-corrected chi connectivity index (χ0v) is 14.6. The number of ether oxygens (including phenoxy) is 1. The number of rotatable bonds is 5. The van der Waals surface area contributed by atoms with Crippen molar-refractivity contribution in [2.24, 2.45) is 0 Å². The molecule has 1 aromatic carbocycles. The minimum atomic E-state index is -1.22. The van der Waals surface area contributed by atoms with Gasteiger partial charge in [0.2, 0.25) is 5.88 Å². The van der Waals surface area contributed by atoms with Gasteiger partial charge >= 0.3 is 6.09 Å². The second kappa shape index (κ2) is 8.02. The minimum Gasteiger partial charge on any atom is -0.470 e. The summed E-state index contributed by atoms with van der Waals surface area (Å²) in [6.07, 6.45) is -1.76. The zero-order chi connectivity index (χ0) is 18.7. The molecular formula is C15H12ClF2N3O4S. The van der Waals surface area contributed by atoms with E-state index in [9.17, 15) is 13.6 Å². The monoisotopic (exact) mass is 403 g/mol. The van der Waals surface area contributed by atoms with Gasteiger partial charge in [0.05, 0.1) is 6.54 Å². The van der Waals surface area contributed by atoms with Crippen LogP contribution in [-0.4, -0.2) is 45.5 Å². The lowest BCUT2D eigenvalue weighted by Gasteiger charge is -2.12. The van der Waals surface area contributed by atoms with E-state index in [0.29, 0.717) is 0 Å². The maximum atomic E-state index is 13.7. The number of benzene rings is 1. The Morgan fingerprint density at radius 2 is 2.27 bits per heavy atom. The van der Waals surface area contributed by atoms with E-state index in [1.165, 1.54) is 18.2 Å². The molecule has 0 aliphatic carbocycles. The van der Waals surface area contributed by atoms with Crippen LogP contribution in [0.2, 0.25) is 5.15 Å². The maximum Gasteiger partial charge on any atom is 0.431 e. The molecule has 0 saturated carbocycles. The van der Waals surface area contributed by atoms with Crippen molar-refractivity contribution in [1.82, 2.24) is 15.0 Å². The van der Waals surface area contributed by atoms with Gasteiger partial charge in [-0.2, -0.15) is 10.0 Å². The Kier molecular flexibility index (Phi) is 5.74. The first kappa shape index (κ1) is 18.6. The van der Waals surface area contributed by atoms with Gasteiger partial charge in [0.25, 0.3) is 0 Å². The summed E-state index contributed by atoms with van der Waals surface area (Å²) in [5, 5.41) is 9.92. The fourth-order valence-corrected chi connectivity index (χ4v) is 3.19. The van der Waals surface area contributed by atoms with Crippen molar-refractivity contribution in [2.75, 3.05) is 13.2 Å². The Morgan fingerprint density at radius 3 is 3.00 bits per heavy atom. The lowest BCUT2D eigenvalue weighted by molar-refractivity contribution is -0.0839. The second-order valence-corrected chi connectivity index (χ2v) is 6.52. The van der Waals surface area contributed by atoms with E-state index in [1.807, 2.05) is 0 Å². The largest absolute Gasteiger partial charge is 0.470 e. The van der Waals surface area contributed by atoms with Gasteiger partial charge in [-0.05, 0) is 6.07 Å². The Bertz CT molecular complexity index is 829. The van der Waals surface area contributed by atoms with Gasteiger partial charge in [0.15, 0.2) is 16.8 Å². The third-order valence-electron chi connectivity index (χ3n) is 3.33. The normalized spacial score (nSPS) is 16.7. The highest BCUT2D eigenvalue weighted by Crippen LogP contribution is 2.26. The Labute approximate surface area is 155 Å². The Hall–Kier alpha value is -2.17. The number of amides is 1. The molecule has 1 atom stereocenters. The van der Waals surface area contributed by atoms with E-state index in [-0.39, 0.29) is 40.7 Å². The predicted molar refractivity (Wildman–Crippen MR) is 88.1 cm³/mol. The van der Waals surface area contributed by atoms with Crippen molar-refractivity contribution in [3.63, 3.8) is 0 Å². The first-order chi connectivity index (χ1) is 12.4. The third kappa shape index (κ3) is 4.51. The van der Waals surface area contributed by atoms with Gasteiger partial charge in [-0.1, -0.05) is 35.5 Å². The molecule has 1 aromatic heterocycles. The molecule has 0 spiro atoms. The quantitative estimate of drug-likeness (QED) is 0.465. The molecular weight excluding hydrogens is 392 g/mol. The van der Waals surface area contributed by atoms with E-state index in [4.69, 9.17) is 26.3 Å². The third-order valence-corrected chi connectivity index (χ3v) is 4.42. The molecule has 1 aliphatic heterocycles. The van der Waals surface area contributed by atoms with Gasteiger partial charge < -0.3 is 9.84 Å². The first-order valence-corrected chi connectivity index (χ1v) is 8.69. The lowest BCUT2D eigenvalue weighted by atomic mass is 10.2. The molecule has 2 aromatic rings. The molecule has 0 bridgehead atoms. The summed E-state index contributed by atoms with van der Waals surface area (Å²) in [5.41, 5.74) is 0.169. The highest BCUT2D eigenvalue weighted by atomic mass is 35.5. The predicted octanol–water partition coefficient (Wildman–Crippen LogP) is 3.37. The van der Waals surface area contributed by atoms with Crippen molar-refractivity contribution in [3.05, 3.63) is 46.6 Å². The Morgan fingerprint density at radius 1 is 1.46 bits per heavy atom. The SMILES string of the molecule is O=C(O)N1C[C@H](Oc2cc(Cl)nc(SCc3cccc(F)c3F)n2)CO1. The maximum absolute atomic E-state index is 13.7. The van der Waals surface area contributed by atoms with Crippen LogP contribution in [0, 0.1) is 11.6 Å². The average molecular weight is 404 g/mol. The van der Waals surface area contributed by atoms with Crippen LogP contribution in [0.5, 0.6) is 5.88 Å². The summed E-state index contributed by atoms with van der Waals surface area (Å²) in [5.74, 6) is -1.62. The molecule has 2 heterocycles. The number of carbonyl (C=O) groups is 1. The number of nitrogens with zero attached hydrogens (tertiary/aromatic N) is 3. The molecule has 0 radical (unpaired) electrons. The standard InChI is InChI=1S/C15H12ClF2N3O4S/c16-11-4-12(25-9-5-21(15(22)23)24-6-9)20-14(19-11)26-7-8-2-1-3-10(17)13(8)18/h1-4,9H,5-7H2,(H,22,23)/t9-/m0/s1. The molecule has 11 heteroatoms. The van der Waals surface area contributed by atoms with E-state index in [1.54, 1.807) is 0 Å². The zero-order valence-electron chi connectivity index (χ0n) is 13.1. The summed E-state index contributed by atoms with van der Waals surface area (Å²) in [6.45, 7) is 0.0683. The smallest absolute Gasteiger partial charge is 0.431 e. The number of hydrogen-bond donors (Lipinski definition) is 1. The van der Waals surface area contributed by atoms with Crippen molar-refractivity contribution < 1.29 is 28.3 Å². The summed E-state index contributed by atoms with van der Waals surface area (Å²) in [6, 6.07) is 5.28. The fraction of sp³-hybridized carbons (Fsp3) is 0.267. The summed E-state index contributed by atoms with van der Waals surface area (Å²) in [7, 11) is 0. The molecule has 1 amide bonds. The van der Waals surface area contributed by atoms with Gasteiger partial charge in [-0.3, -0.25) is 4.84 Å². The second-order valence-electron chi connectivity index (χ2n) is 5.19. The average Bonchev–Trinajstić information content (AvgIpc) is 3.04. The Balaban J connectivity index is 1.66. The molecule has 1 aliphatic rings. The number of hydroxylamine groups is 2. The molecule has 26 heavy (non-hydrogen) atoms. The number of carboxylic acid groups (broad SMARTS) is 1. The lowest BCUT2D eigenvalue weighted by Crippen LogP contribution is -2.29. The number of aromatic nitrogens is 2. The van der Waals surface area contributed by atoms with Crippen LogP contribution < -0.4 is 4.74 Å². The molecule has 3 rings (SSSR count).